The predicted molar refractivity (Wildman–Crippen MR) is 65.5 cm³/mol. The minimum Gasteiger partial charge on any atom is -0.326 e. The summed E-state index contributed by atoms with van der Waals surface area (Å²) in [6, 6.07) is 5.16. The van der Waals surface area contributed by atoms with Crippen molar-refractivity contribution in [3.8, 4) is 0 Å². The molecule has 3 nitrogen and oxygen atoms in total. The van der Waals surface area contributed by atoms with Gasteiger partial charge in [-0.15, -0.1) is 0 Å². The maximum Gasteiger partial charge on any atom is 0.416 e. The van der Waals surface area contributed by atoms with Gasteiger partial charge in [-0.1, -0.05) is 0 Å². The molecule has 1 aromatic heterocycles. The molecule has 0 radical (unpaired) electrons. The molecule has 0 bridgehead atoms. The number of benzene rings is 1. The Morgan fingerprint density at radius 2 is 1.84 bits per heavy atom. The third-order valence-corrected chi connectivity index (χ3v) is 3.36. The average molecular weight is 285 g/mol. The van der Waals surface area contributed by atoms with E-state index in [0.29, 0.717) is 15.6 Å². The van der Waals surface area contributed by atoms with E-state index in [1.807, 2.05) is 0 Å². The van der Waals surface area contributed by atoms with Crippen LogP contribution >= 0.6 is 11.8 Å². The van der Waals surface area contributed by atoms with Gasteiger partial charge < -0.3 is 5.73 Å². The molecule has 0 saturated heterocycles. The van der Waals surface area contributed by atoms with Crippen LogP contribution in [0.3, 0.4) is 0 Å². The molecule has 0 fully saturated rings. The summed E-state index contributed by atoms with van der Waals surface area (Å²) < 4.78 is 37.8. The van der Waals surface area contributed by atoms with Gasteiger partial charge in [-0.2, -0.15) is 13.2 Å². The molecule has 0 aliphatic heterocycles. The van der Waals surface area contributed by atoms with Crippen LogP contribution in [0.5, 0.6) is 0 Å². The van der Waals surface area contributed by atoms with Gasteiger partial charge in [0.05, 0.1) is 5.56 Å². The number of alkyl halides is 3. The third-order valence-electron chi connectivity index (χ3n) is 2.35. The van der Waals surface area contributed by atoms with Crippen LogP contribution in [0, 0.1) is 0 Å². The molecule has 19 heavy (non-hydrogen) atoms. The molecule has 1 aromatic carbocycles. The van der Waals surface area contributed by atoms with Crippen LogP contribution in [0.25, 0.3) is 0 Å². The Balaban J connectivity index is 2.32. The molecule has 100 valence electrons. The molecule has 0 aliphatic rings. The van der Waals surface area contributed by atoms with Gasteiger partial charge >= 0.3 is 6.18 Å². The van der Waals surface area contributed by atoms with Gasteiger partial charge in [-0.25, -0.2) is 9.97 Å². The van der Waals surface area contributed by atoms with E-state index < -0.39 is 11.7 Å². The van der Waals surface area contributed by atoms with Crippen LogP contribution < -0.4 is 5.73 Å². The summed E-state index contributed by atoms with van der Waals surface area (Å²) in [5, 5.41) is 0.469. The molecule has 7 heteroatoms. The monoisotopic (exact) mass is 285 g/mol. The SMILES string of the molecule is NCc1cc(C(F)(F)F)ccc1Sc1ncccn1. The summed E-state index contributed by atoms with van der Waals surface area (Å²) in [6.45, 7) is 0.0269. The Morgan fingerprint density at radius 3 is 2.42 bits per heavy atom. The van der Waals surface area contributed by atoms with E-state index in [-0.39, 0.29) is 6.54 Å². The van der Waals surface area contributed by atoms with E-state index in [2.05, 4.69) is 9.97 Å². The van der Waals surface area contributed by atoms with Crippen molar-refractivity contribution < 1.29 is 13.2 Å². The summed E-state index contributed by atoms with van der Waals surface area (Å²) in [6.07, 6.45) is -1.22. The summed E-state index contributed by atoms with van der Waals surface area (Å²) in [5.74, 6) is 0. The Hall–Kier alpha value is -1.60. The van der Waals surface area contributed by atoms with E-state index in [9.17, 15) is 13.2 Å². The van der Waals surface area contributed by atoms with Crippen molar-refractivity contribution in [3.63, 3.8) is 0 Å². The highest BCUT2D eigenvalue weighted by atomic mass is 32.2. The van der Waals surface area contributed by atoms with E-state index >= 15 is 0 Å². The number of halogens is 3. The smallest absolute Gasteiger partial charge is 0.326 e. The lowest BCUT2D eigenvalue weighted by Crippen LogP contribution is -2.07. The lowest BCUT2D eigenvalue weighted by Gasteiger charge is -2.11. The minimum atomic E-state index is -4.36. The number of nitrogens with zero attached hydrogens (tertiary/aromatic N) is 2. The molecule has 0 spiro atoms. The Bertz CT molecular complexity index is 558. The van der Waals surface area contributed by atoms with Gasteiger partial charge in [0.2, 0.25) is 0 Å². The van der Waals surface area contributed by atoms with Crippen molar-refractivity contribution in [2.45, 2.75) is 22.8 Å². The van der Waals surface area contributed by atoms with Crippen molar-refractivity contribution in [2.24, 2.45) is 5.73 Å². The van der Waals surface area contributed by atoms with Gasteiger partial charge in [0.15, 0.2) is 5.16 Å². The van der Waals surface area contributed by atoms with Crippen molar-refractivity contribution in [1.29, 1.82) is 0 Å². The van der Waals surface area contributed by atoms with Crippen LogP contribution in [0.15, 0.2) is 46.7 Å². The lowest BCUT2D eigenvalue weighted by molar-refractivity contribution is -0.137. The Morgan fingerprint density at radius 1 is 1.16 bits per heavy atom. The number of rotatable bonds is 3. The lowest BCUT2D eigenvalue weighted by atomic mass is 10.1. The van der Waals surface area contributed by atoms with Gasteiger partial charge in [0, 0.05) is 23.8 Å². The normalized spacial score (nSPS) is 11.6. The molecular weight excluding hydrogens is 275 g/mol. The van der Waals surface area contributed by atoms with Crippen molar-refractivity contribution >= 4 is 11.8 Å². The Labute approximate surface area is 112 Å². The molecule has 2 aromatic rings. The van der Waals surface area contributed by atoms with Crippen molar-refractivity contribution in [1.82, 2.24) is 9.97 Å². The summed E-state index contributed by atoms with van der Waals surface area (Å²) >= 11 is 1.19. The van der Waals surface area contributed by atoms with Gasteiger partial charge in [0.1, 0.15) is 0 Å². The second-order valence-electron chi connectivity index (χ2n) is 3.66. The first-order valence-electron chi connectivity index (χ1n) is 5.36. The first kappa shape index (κ1) is 13.8. The van der Waals surface area contributed by atoms with E-state index in [1.165, 1.54) is 17.8 Å². The minimum absolute atomic E-state index is 0.0269. The zero-order valence-corrected chi connectivity index (χ0v) is 10.5. The maximum atomic E-state index is 12.6. The first-order chi connectivity index (χ1) is 9.00. The fraction of sp³-hybridized carbons (Fsp3) is 0.167. The predicted octanol–water partition coefficient (Wildman–Crippen LogP) is 3.11. The largest absolute Gasteiger partial charge is 0.416 e. The molecule has 2 N–H and O–H groups in total. The standard InChI is InChI=1S/C12H10F3N3S/c13-12(14,15)9-2-3-10(8(6-9)7-16)19-11-17-4-1-5-18-11/h1-6H,7,16H2. The van der Waals surface area contributed by atoms with Crippen LogP contribution in [-0.4, -0.2) is 9.97 Å². The van der Waals surface area contributed by atoms with Crippen LogP contribution in [0.2, 0.25) is 0 Å². The molecule has 0 unspecified atom stereocenters. The molecule has 0 saturated carbocycles. The van der Waals surface area contributed by atoms with Crippen LogP contribution in [-0.2, 0) is 12.7 Å². The molecular formula is C12H10F3N3S. The summed E-state index contributed by atoms with van der Waals surface area (Å²) in [7, 11) is 0. The summed E-state index contributed by atoms with van der Waals surface area (Å²) in [5.41, 5.74) is 5.22. The van der Waals surface area contributed by atoms with Gasteiger partial charge in [-0.3, -0.25) is 0 Å². The highest BCUT2D eigenvalue weighted by molar-refractivity contribution is 7.99. The van der Waals surface area contributed by atoms with Crippen LogP contribution in [0.4, 0.5) is 13.2 Å². The quantitative estimate of drug-likeness (QED) is 0.880. The van der Waals surface area contributed by atoms with E-state index in [1.54, 1.807) is 18.5 Å². The molecule has 1 heterocycles. The van der Waals surface area contributed by atoms with Crippen molar-refractivity contribution in [2.75, 3.05) is 0 Å². The highest BCUT2D eigenvalue weighted by Gasteiger charge is 2.30. The molecule has 0 atom stereocenters. The van der Waals surface area contributed by atoms with Gasteiger partial charge in [-0.05, 0) is 41.6 Å². The zero-order valence-electron chi connectivity index (χ0n) is 9.69. The van der Waals surface area contributed by atoms with Crippen LogP contribution in [0.1, 0.15) is 11.1 Å². The second-order valence-corrected chi connectivity index (χ2v) is 4.67. The molecule has 0 amide bonds. The molecule has 0 aliphatic carbocycles. The number of aromatic nitrogens is 2. The van der Waals surface area contributed by atoms with Gasteiger partial charge in [0.25, 0.3) is 0 Å². The third kappa shape index (κ3) is 3.45. The Kier molecular flexibility index (Phi) is 4.06. The number of hydrogen-bond acceptors (Lipinski definition) is 4. The fourth-order valence-corrected chi connectivity index (χ4v) is 2.28. The maximum absolute atomic E-state index is 12.6. The zero-order chi connectivity index (χ0) is 13.9. The molecule has 2 rings (SSSR count). The average Bonchev–Trinajstić information content (AvgIpc) is 2.39. The number of hydrogen-bond donors (Lipinski definition) is 1. The van der Waals surface area contributed by atoms with E-state index in [0.717, 1.165) is 12.1 Å². The van der Waals surface area contributed by atoms with Crippen molar-refractivity contribution in [3.05, 3.63) is 47.8 Å². The second kappa shape index (κ2) is 5.58. The fourth-order valence-electron chi connectivity index (χ4n) is 1.45. The first-order valence-corrected chi connectivity index (χ1v) is 6.17. The summed E-state index contributed by atoms with van der Waals surface area (Å²) in [4.78, 5) is 8.65. The number of nitrogens with two attached hydrogens (primary N) is 1. The topological polar surface area (TPSA) is 51.8 Å². The highest BCUT2D eigenvalue weighted by Crippen LogP contribution is 2.34. The van der Waals surface area contributed by atoms with E-state index in [4.69, 9.17) is 5.73 Å².